The zero-order valence-corrected chi connectivity index (χ0v) is 17.8. The molecular formula is C24H27N3O4. The van der Waals surface area contributed by atoms with Gasteiger partial charge in [-0.05, 0) is 57.0 Å². The maximum absolute atomic E-state index is 12.8. The Morgan fingerprint density at radius 1 is 1.13 bits per heavy atom. The first-order valence-electron chi connectivity index (χ1n) is 10.6. The number of rotatable bonds is 5. The third-order valence-electron chi connectivity index (χ3n) is 5.57. The molecule has 2 heterocycles. The number of likely N-dealkylation sites (tertiary alicyclic amines) is 1. The summed E-state index contributed by atoms with van der Waals surface area (Å²) in [7, 11) is 0. The van der Waals surface area contributed by atoms with Crippen molar-refractivity contribution < 1.29 is 18.7 Å². The van der Waals surface area contributed by atoms with Gasteiger partial charge in [0.15, 0.2) is 5.76 Å². The van der Waals surface area contributed by atoms with Gasteiger partial charge in [-0.25, -0.2) is 4.79 Å². The van der Waals surface area contributed by atoms with Crippen molar-refractivity contribution in [3.05, 3.63) is 59.9 Å². The topological polar surface area (TPSA) is 83.8 Å². The minimum Gasteiger partial charge on any atom is -0.494 e. The lowest BCUT2D eigenvalue weighted by molar-refractivity contribution is 0.0892. The molecule has 2 aromatic carbocycles. The molecule has 0 atom stereocenters. The molecule has 0 spiro atoms. The van der Waals surface area contributed by atoms with Crippen molar-refractivity contribution in [2.75, 3.05) is 25.0 Å². The normalized spacial score (nSPS) is 14.5. The Bertz CT molecular complexity index is 1070. The van der Waals surface area contributed by atoms with Gasteiger partial charge in [-0.15, -0.1) is 0 Å². The first-order valence-corrected chi connectivity index (χ1v) is 10.6. The molecule has 1 aliphatic heterocycles. The molecule has 7 nitrogen and oxygen atoms in total. The zero-order valence-electron chi connectivity index (χ0n) is 17.8. The lowest BCUT2D eigenvalue weighted by Crippen LogP contribution is -2.47. The van der Waals surface area contributed by atoms with Crippen LogP contribution >= 0.6 is 0 Å². The van der Waals surface area contributed by atoms with E-state index in [1.807, 2.05) is 62.4 Å². The van der Waals surface area contributed by atoms with Gasteiger partial charge in [0.05, 0.1) is 6.61 Å². The minimum absolute atomic E-state index is 0.000117. The van der Waals surface area contributed by atoms with Crippen molar-refractivity contribution in [2.24, 2.45) is 0 Å². The van der Waals surface area contributed by atoms with E-state index in [0.29, 0.717) is 43.9 Å². The smallest absolute Gasteiger partial charge is 0.321 e. The fourth-order valence-electron chi connectivity index (χ4n) is 3.87. The predicted octanol–water partition coefficient (Wildman–Crippen LogP) is 4.57. The Labute approximate surface area is 181 Å². The molecule has 0 bridgehead atoms. The Kier molecular flexibility index (Phi) is 6.11. The van der Waals surface area contributed by atoms with Crippen LogP contribution in [0.15, 0.2) is 52.9 Å². The summed E-state index contributed by atoms with van der Waals surface area (Å²) < 4.78 is 11.4. The van der Waals surface area contributed by atoms with E-state index in [9.17, 15) is 9.59 Å². The lowest BCUT2D eigenvalue weighted by atomic mass is 10.0. The van der Waals surface area contributed by atoms with Crippen LogP contribution in [0.4, 0.5) is 10.5 Å². The fourth-order valence-corrected chi connectivity index (χ4v) is 3.87. The maximum Gasteiger partial charge on any atom is 0.321 e. The molecule has 2 N–H and O–H groups in total. The molecule has 31 heavy (non-hydrogen) atoms. The van der Waals surface area contributed by atoms with Gasteiger partial charge in [0, 0.05) is 35.8 Å². The van der Waals surface area contributed by atoms with Gasteiger partial charge >= 0.3 is 6.03 Å². The number of amides is 3. The number of nitrogens with zero attached hydrogens (tertiary/aromatic N) is 1. The molecule has 1 aliphatic rings. The number of aryl methyl sites for hydroxylation is 1. The van der Waals surface area contributed by atoms with Crippen molar-refractivity contribution in [1.29, 1.82) is 0 Å². The number of anilines is 1. The molecule has 1 aromatic heterocycles. The van der Waals surface area contributed by atoms with Crippen molar-refractivity contribution in [2.45, 2.75) is 32.7 Å². The second kappa shape index (κ2) is 9.12. The molecule has 0 saturated carbocycles. The van der Waals surface area contributed by atoms with E-state index in [1.165, 1.54) is 0 Å². The number of hydrogen-bond acceptors (Lipinski definition) is 4. The number of piperidine rings is 1. The average molecular weight is 421 g/mol. The molecule has 162 valence electrons. The van der Waals surface area contributed by atoms with Gasteiger partial charge in [-0.2, -0.15) is 0 Å². The lowest BCUT2D eigenvalue weighted by Gasteiger charge is -2.32. The second-order valence-corrected chi connectivity index (χ2v) is 7.68. The van der Waals surface area contributed by atoms with Gasteiger partial charge in [-0.3, -0.25) is 4.79 Å². The van der Waals surface area contributed by atoms with Gasteiger partial charge < -0.3 is 24.7 Å². The van der Waals surface area contributed by atoms with E-state index in [1.54, 1.807) is 4.90 Å². The third kappa shape index (κ3) is 4.66. The van der Waals surface area contributed by atoms with E-state index >= 15 is 0 Å². The third-order valence-corrected chi connectivity index (χ3v) is 5.57. The quantitative estimate of drug-likeness (QED) is 0.632. The Hall–Kier alpha value is -3.48. The highest BCUT2D eigenvalue weighted by molar-refractivity contribution is 5.99. The number of urea groups is 1. The number of carbonyl (C=O) groups is 2. The maximum atomic E-state index is 12.8. The minimum atomic E-state index is -0.223. The molecule has 3 aromatic rings. The number of fused-ring (bicyclic) bond motifs is 1. The number of para-hydroxylation sites is 1. The number of benzene rings is 2. The summed E-state index contributed by atoms with van der Waals surface area (Å²) >= 11 is 0. The second-order valence-electron chi connectivity index (χ2n) is 7.68. The number of nitrogens with one attached hydrogen (secondary N) is 2. The zero-order chi connectivity index (χ0) is 21.8. The highest BCUT2D eigenvalue weighted by Crippen LogP contribution is 2.29. The molecule has 1 saturated heterocycles. The predicted molar refractivity (Wildman–Crippen MR) is 120 cm³/mol. The monoisotopic (exact) mass is 421 g/mol. The van der Waals surface area contributed by atoms with Crippen molar-refractivity contribution in [3.8, 4) is 5.75 Å². The summed E-state index contributed by atoms with van der Waals surface area (Å²) in [6.45, 7) is 5.56. The molecular weight excluding hydrogens is 394 g/mol. The van der Waals surface area contributed by atoms with Crippen LogP contribution in [0.1, 0.15) is 35.9 Å². The van der Waals surface area contributed by atoms with Crippen LogP contribution in [-0.4, -0.2) is 42.6 Å². The van der Waals surface area contributed by atoms with Crippen LogP contribution in [0.3, 0.4) is 0 Å². The van der Waals surface area contributed by atoms with Gasteiger partial charge in [0.25, 0.3) is 5.91 Å². The summed E-state index contributed by atoms with van der Waals surface area (Å²) in [4.78, 5) is 27.1. The molecule has 0 aliphatic carbocycles. The van der Waals surface area contributed by atoms with Crippen molar-refractivity contribution >= 4 is 28.6 Å². The van der Waals surface area contributed by atoms with Crippen LogP contribution in [0, 0.1) is 6.92 Å². The number of carbonyl (C=O) groups excluding carboxylic acids is 2. The molecule has 3 amide bonds. The van der Waals surface area contributed by atoms with E-state index in [4.69, 9.17) is 9.15 Å². The summed E-state index contributed by atoms with van der Waals surface area (Å²) in [6, 6.07) is 14.8. The van der Waals surface area contributed by atoms with Gasteiger partial charge in [0.2, 0.25) is 0 Å². The molecule has 7 heteroatoms. The first kappa shape index (κ1) is 20.8. The summed E-state index contributed by atoms with van der Waals surface area (Å²) in [5.41, 5.74) is 2.24. The fraction of sp³-hybridized carbons (Fsp3) is 0.333. The van der Waals surface area contributed by atoms with Gasteiger partial charge in [-0.1, -0.05) is 18.2 Å². The van der Waals surface area contributed by atoms with Crippen LogP contribution in [0.2, 0.25) is 0 Å². The number of furan rings is 1. The SMILES string of the molecule is CCOc1ccc2oc(C(=O)NC3CCN(C(=O)Nc4ccccc4)CC3)c(C)c2c1. The van der Waals surface area contributed by atoms with E-state index in [0.717, 1.165) is 22.4 Å². The number of ether oxygens (including phenoxy) is 1. The molecule has 1 fully saturated rings. The Morgan fingerprint density at radius 2 is 1.87 bits per heavy atom. The van der Waals surface area contributed by atoms with Crippen molar-refractivity contribution in [3.63, 3.8) is 0 Å². The molecule has 0 radical (unpaired) electrons. The van der Waals surface area contributed by atoms with E-state index in [-0.39, 0.29) is 18.0 Å². The number of hydrogen-bond donors (Lipinski definition) is 2. The van der Waals surface area contributed by atoms with Crippen molar-refractivity contribution in [1.82, 2.24) is 10.2 Å². The standard InChI is InChI=1S/C24H27N3O4/c1-3-30-19-9-10-21-20(15-19)16(2)22(31-21)23(28)25-18-11-13-27(14-12-18)24(29)26-17-7-5-4-6-8-17/h4-10,15,18H,3,11-14H2,1-2H3,(H,25,28)(H,26,29). The highest BCUT2D eigenvalue weighted by Gasteiger charge is 2.26. The summed E-state index contributed by atoms with van der Waals surface area (Å²) in [5, 5.41) is 6.85. The first-order chi connectivity index (χ1) is 15.0. The van der Waals surface area contributed by atoms with E-state index < -0.39 is 0 Å². The largest absolute Gasteiger partial charge is 0.494 e. The summed E-state index contributed by atoms with van der Waals surface area (Å²) in [5.74, 6) is 0.860. The molecule has 0 unspecified atom stereocenters. The van der Waals surface area contributed by atoms with Crippen LogP contribution in [0.25, 0.3) is 11.0 Å². The van der Waals surface area contributed by atoms with E-state index in [2.05, 4.69) is 10.6 Å². The van der Waals surface area contributed by atoms with Gasteiger partial charge in [0.1, 0.15) is 11.3 Å². The van der Waals surface area contributed by atoms with Crippen LogP contribution < -0.4 is 15.4 Å². The Morgan fingerprint density at radius 3 is 2.58 bits per heavy atom. The van der Waals surface area contributed by atoms with Crippen LogP contribution in [-0.2, 0) is 0 Å². The average Bonchev–Trinajstić information content (AvgIpc) is 3.11. The highest BCUT2D eigenvalue weighted by atomic mass is 16.5. The van der Waals surface area contributed by atoms with Crippen LogP contribution in [0.5, 0.6) is 5.75 Å². The Balaban J connectivity index is 1.35. The molecule has 4 rings (SSSR count). The summed E-state index contributed by atoms with van der Waals surface area (Å²) in [6.07, 6.45) is 1.39.